The Labute approximate surface area is 142 Å². The maximum Gasteiger partial charge on any atom is 0.262 e. The summed E-state index contributed by atoms with van der Waals surface area (Å²) in [7, 11) is 0. The lowest BCUT2D eigenvalue weighted by Gasteiger charge is -2.12. The average Bonchev–Trinajstić information content (AvgIpc) is 2.58. The summed E-state index contributed by atoms with van der Waals surface area (Å²) in [6.45, 7) is 6.00. The van der Waals surface area contributed by atoms with Crippen LogP contribution in [0.5, 0.6) is 11.5 Å². The molecule has 0 unspecified atom stereocenters. The zero-order valence-electron chi connectivity index (χ0n) is 14.1. The number of nitrogens with zero attached hydrogens (tertiary/aromatic N) is 2. The third-order valence-electron chi connectivity index (χ3n) is 3.23. The minimum Gasteiger partial charge on any atom is -0.490 e. The average molecular weight is 327 g/mol. The Morgan fingerprint density at radius 2 is 2.04 bits per heavy atom. The van der Waals surface area contributed by atoms with Crippen molar-refractivity contribution in [2.75, 3.05) is 13.2 Å². The number of benzene rings is 1. The van der Waals surface area contributed by atoms with Crippen molar-refractivity contribution >= 4 is 12.0 Å². The van der Waals surface area contributed by atoms with E-state index < -0.39 is 5.91 Å². The van der Waals surface area contributed by atoms with Gasteiger partial charge in [-0.3, -0.25) is 4.79 Å². The van der Waals surface area contributed by atoms with E-state index >= 15 is 0 Å². The van der Waals surface area contributed by atoms with Crippen LogP contribution in [0.1, 0.15) is 32.8 Å². The van der Waals surface area contributed by atoms with Crippen LogP contribution in [-0.2, 0) is 4.79 Å². The molecule has 6 heteroatoms. The molecule has 0 spiro atoms. The SMILES string of the molecule is CCOc1cc(/C=C(\C#N)C(=O)N[C@H](C)CC)ccc1OCC#N. The van der Waals surface area contributed by atoms with Crippen molar-refractivity contribution in [2.24, 2.45) is 0 Å². The van der Waals surface area contributed by atoms with E-state index in [0.717, 1.165) is 6.42 Å². The van der Waals surface area contributed by atoms with E-state index in [4.69, 9.17) is 14.7 Å². The molecule has 24 heavy (non-hydrogen) atoms. The molecule has 0 saturated carbocycles. The summed E-state index contributed by atoms with van der Waals surface area (Å²) in [6, 6.07) is 8.82. The number of carbonyl (C=O) groups is 1. The minimum absolute atomic E-state index is 0.00464. The predicted molar refractivity (Wildman–Crippen MR) is 90.2 cm³/mol. The van der Waals surface area contributed by atoms with Crippen LogP contribution < -0.4 is 14.8 Å². The number of hydrogen-bond acceptors (Lipinski definition) is 5. The fraction of sp³-hybridized carbons (Fsp3) is 0.389. The molecule has 0 aliphatic rings. The second-order valence-corrected chi connectivity index (χ2v) is 5.04. The lowest BCUT2D eigenvalue weighted by atomic mass is 10.1. The highest BCUT2D eigenvalue weighted by Gasteiger charge is 2.12. The van der Waals surface area contributed by atoms with Crippen molar-refractivity contribution in [3.05, 3.63) is 29.3 Å². The standard InChI is InChI=1S/C18H21N3O3/c1-4-13(3)21-18(22)15(12-20)10-14-6-7-16(24-9-8-19)17(11-14)23-5-2/h6-7,10-11,13H,4-5,9H2,1-3H3,(H,21,22)/b15-10+/t13-/m1/s1. The molecule has 0 aliphatic carbocycles. The van der Waals surface area contributed by atoms with Gasteiger partial charge >= 0.3 is 0 Å². The minimum atomic E-state index is -0.408. The van der Waals surface area contributed by atoms with Gasteiger partial charge < -0.3 is 14.8 Å². The van der Waals surface area contributed by atoms with Crippen LogP contribution in [0.15, 0.2) is 23.8 Å². The topological polar surface area (TPSA) is 95.1 Å². The van der Waals surface area contributed by atoms with E-state index in [1.807, 2.05) is 32.9 Å². The Kier molecular flexibility index (Phi) is 7.87. The summed E-state index contributed by atoms with van der Waals surface area (Å²) in [5.41, 5.74) is 0.655. The molecule has 1 aromatic rings. The van der Waals surface area contributed by atoms with Gasteiger partial charge in [-0.15, -0.1) is 0 Å². The van der Waals surface area contributed by atoms with Crippen molar-refractivity contribution < 1.29 is 14.3 Å². The Hall–Kier alpha value is -2.99. The van der Waals surface area contributed by atoms with Gasteiger partial charge in [-0.2, -0.15) is 10.5 Å². The van der Waals surface area contributed by atoms with Gasteiger partial charge in [0.05, 0.1) is 6.61 Å². The highest BCUT2D eigenvalue weighted by molar-refractivity contribution is 6.01. The van der Waals surface area contributed by atoms with Gasteiger partial charge in [-0.1, -0.05) is 13.0 Å². The Balaban J connectivity index is 3.07. The number of hydrogen-bond donors (Lipinski definition) is 1. The molecule has 0 bridgehead atoms. The van der Waals surface area contributed by atoms with Gasteiger partial charge in [-0.25, -0.2) is 0 Å². The van der Waals surface area contributed by atoms with E-state index in [2.05, 4.69) is 5.32 Å². The molecule has 1 rings (SSSR count). The largest absolute Gasteiger partial charge is 0.490 e. The van der Waals surface area contributed by atoms with Crippen LogP contribution in [-0.4, -0.2) is 25.2 Å². The molecule has 0 aromatic heterocycles. The molecule has 0 saturated heterocycles. The molecule has 0 fully saturated rings. The van der Waals surface area contributed by atoms with Gasteiger partial charge in [0.25, 0.3) is 5.91 Å². The number of ether oxygens (including phenoxy) is 2. The molecule has 6 nitrogen and oxygen atoms in total. The molecule has 0 aliphatic heterocycles. The summed E-state index contributed by atoms with van der Waals surface area (Å²) in [4.78, 5) is 12.1. The van der Waals surface area contributed by atoms with E-state index in [9.17, 15) is 10.1 Å². The lowest BCUT2D eigenvalue weighted by molar-refractivity contribution is -0.117. The summed E-state index contributed by atoms with van der Waals surface area (Å²) >= 11 is 0. The van der Waals surface area contributed by atoms with Crippen LogP contribution >= 0.6 is 0 Å². The fourth-order valence-corrected chi connectivity index (χ4v) is 1.83. The van der Waals surface area contributed by atoms with Crippen LogP contribution in [0.2, 0.25) is 0 Å². The molecular weight excluding hydrogens is 306 g/mol. The van der Waals surface area contributed by atoms with E-state index in [1.54, 1.807) is 18.2 Å². The summed E-state index contributed by atoms with van der Waals surface area (Å²) in [5.74, 6) is 0.494. The van der Waals surface area contributed by atoms with Crippen molar-refractivity contribution in [3.8, 4) is 23.6 Å². The van der Waals surface area contributed by atoms with Crippen LogP contribution in [0.25, 0.3) is 6.08 Å². The van der Waals surface area contributed by atoms with Crippen LogP contribution in [0.3, 0.4) is 0 Å². The fourth-order valence-electron chi connectivity index (χ4n) is 1.83. The predicted octanol–water partition coefficient (Wildman–Crippen LogP) is 2.81. The number of carbonyl (C=O) groups excluding carboxylic acids is 1. The summed E-state index contributed by atoms with van der Waals surface area (Å²) in [6.07, 6.45) is 2.28. The zero-order valence-corrected chi connectivity index (χ0v) is 14.1. The Morgan fingerprint density at radius 3 is 2.62 bits per heavy atom. The quantitative estimate of drug-likeness (QED) is 0.585. The molecule has 126 valence electrons. The Bertz CT molecular complexity index is 684. The number of amides is 1. The number of nitriles is 2. The first-order valence-corrected chi connectivity index (χ1v) is 7.74. The smallest absolute Gasteiger partial charge is 0.262 e. The number of rotatable bonds is 8. The van der Waals surface area contributed by atoms with Gasteiger partial charge in [0.15, 0.2) is 18.1 Å². The van der Waals surface area contributed by atoms with Crippen LogP contribution in [0, 0.1) is 22.7 Å². The van der Waals surface area contributed by atoms with Crippen LogP contribution in [0.4, 0.5) is 0 Å². The monoisotopic (exact) mass is 327 g/mol. The molecule has 0 heterocycles. The number of nitrogens with one attached hydrogen (secondary N) is 1. The van der Waals surface area contributed by atoms with Gasteiger partial charge in [0.1, 0.15) is 17.7 Å². The van der Waals surface area contributed by atoms with Crippen molar-refractivity contribution in [1.82, 2.24) is 5.32 Å². The molecule has 1 N–H and O–H groups in total. The Morgan fingerprint density at radius 1 is 1.29 bits per heavy atom. The van der Waals surface area contributed by atoms with Crippen molar-refractivity contribution in [1.29, 1.82) is 10.5 Å². The van der Waals surface area contributed by atoms with E-state index in [-0.39, 0.29) is 18.2 Å². The van der Waals surface area contributed by atoms with Gasteiger partial charge in [0.2, 0.25) is 0 Å². The second-order valence-electron chi connectivity index (χ2n) is 5.04. The summed E-state index contributed by atoms with van der Waals surface area (Å²) in [5, 5.41) is 20.6. The van der Waals surface area contributed by atoms with Gasteiger partial charge in [-0.05, 0) is 44.0 Å². The molecule has 1 amide bonds. The van der Waals surface area contributed by atoms with Crippen molar-refractivity contribution in [3.63, 3.8) is 0 Å². The first kappa shape index (κ1) is 19.1. The highest BCUT2D eigenvalue weighted by Crippen LogP contribution is 2.29. The van der Waals surface area contributed by atoms with E-state index in [0.29, 0.717) is 23.7 Å². The zero-order chi connectivity index (χ0) is 17.9. The molecule has 1 atom stereocenters. The normalized spacial score (nSPS) is 11.8. The summed E-state index contributed by atoms with van der Waals surface area (Å²) < 4.78 is 10.8. The first-order chi connectivity index (χ1) is 11.5. The molecule has 1 aromatic carbocycles. The third-order valence-corrected chi connectivity index (χ3v) is 3.23. The first-order valence-electron chi connectivity index (χ1n) is 7.74. The van der Waals surface area contributed by atoms with Crippen molar-refractivity contribution in [2.45, 2.75) is 33.2 Å². The third kappa shape index (κ3) is 5.66. The van der Waals surface area contributed by atoms with E-state index in [1.165, 1.54) is 6.08 Å². The lowest BCUT2D eigenvalue weighted by Crippen LogP contribution is -2.32. The second kappa shape index (κ2) is 9.91. The maximum atomic E-state index is 12.1. The maximum absolute atomic E-state index is 12.1. The molecular formula is C18H21N3O3. The molecule has 0 radical (unpaired) electrons. The highest BCUT2D eigenvalue weighted by atomic mass is 16.5. The van der Waals surface area contributed by atoms with Gasteiger partial charge in [0, 0.05) is 6.04 Å².